The second kappa shape index (κ2) is 8.10. The Morgan fingerprint density at radius 1 is 1.32 bits per heavy atom. The van der Waals surface area contributed by atoms with Crippen molar-refractivity contribution in [2.75, 3.05) is 26.7 Å². The predicted octanol–water partition coefficient (Wildman–Crippen LogP) is 3.66. The SMILES string of the molecule is Cc1noc2nc(-c3ccccc3)cc(C(=O)NCCC3CCCN(C)C3)c12. The minimum atomic E-state index is -0.0972. The van der Waals surface area contributed by atoms with E-state index in [2.05, 4.69) is 27.4 Å². The van der Waals surface area contributed by atoms with Crippen molar-refractivity contribution in [3.05, 3.63) is 47.7 Å². The number of rotatable bonds is 5. The molecule has 0 saturated carbocycles. The zero-order valence-electron chi connectivity index (χ0n) is 16.4. The first-order valence-corrected chi connectivity index (χ1v) is 9.91. The highest BCUT2D eigenvalue weighted by Gasteiger charge is 2.20. The molecule has 4 rings (SSSR count). The number of fused-ring (bicyclic) bond motifs is 1. The number of piperidine rings is 1. The molecule has 6 heteroatoms. The number of aryl methyl sites for hydroxylation is 1. The topological polar surface area (TPSA) is 71.3 Å². The molecule has 1 unspecified atom stereocenters. The van der Waals surface area contributed by atoms with Crippen LogP contribution in [-0.4, -0.2) is 47.6 Å². The summed E-state index contributed by atoms with van der Waals surface area (Å²) < 4.78 is 5.37. The van der Waals surface area contributed by atoms with Crippen LogP contribution in [0.4, 0.5) is 0 Å². The molecule has 0 aliphatic carbocycles. The number of nitrogens with one attached hydrogen (secondary N) is 1. The zero-order chi connectivity index (χ0) is 19.5. The summed E-state index contributed by atoms with van der Waals surface area (Å²) in [6.07, 6.45) is 3.47. The van der Waals surface area contributed by atoms with Crippen molar-refractivity contribution >= 4 is 17.0 Å². The van der Waals surface area contributed by atoms with Gasteiger partial charge < -0.3 is 14.7 Å². The summed E-state index contributed by atoms with van der Waals surface area (Å²) in [5.41, 5.74) is 3.31. The van der Waals surface area contributed by atoms with Crippen LogP contribution in [0.3, 0.4) is 0 Å². The molecule has 2 aromatic heterocycles. The number of hydrogen-bond acceptors (Lipinski definition) is 5. The summed E-state index contributed by atoms with van der Waals surface area (Å²) in [6, 6.07) is 11.6. The van der Waals surface area contributed by atoms with Crippen LogP contribution in [0.2, 0.25) is 0 Å². The summed E-state index contributed by atoms with van der Waals surface area (Å²) in [4.78, 5) is 19.9. The van der Waals surface area contributed by atoms with E-state index in [1.165, 1.54) is 19.4 Å². The summed E-state index contributed by atoms with van der Waals surface area (Å²) in [7, 11) is 2.16. The fraction of sp³-hybridized carbons (Fsp3) is 0.409. The first kappa shape index (κ1) is 18.6. The van der Waals surface area contributed by atoms with Gasteiger partial charge in [0.15, 0.2) is 0 Å². The molecule has 3 aromatic rings. The van der Waals surface area contributed by atoms with Crippen LogP contribution >= 0.6 is 0 Å². The highest BCUT2D eigenvalue weighted by Crippen LogP contribution is 2.27. The van der Waals surface area contributed by atoms with E-state index in [-0.39, 0.29) is 5.91 Å². The van der Waals surface area contributed by atoms with Crippen LogP contribution in [0.25, 0.3) is 22.4 Å². The normalized spacial score (nSPS) is 17.7. The molecule has 1 amide bonds. The van der Waals surface area contributed by atoms with E-state index in [9.17, 15) is 4.79 Å². The molecule has 3 heterocycles. The molecule has 1 saturated heterocycles. The van der Waals surface area contributed by atoms with E-state index >= 15 is 0 Å². The number of benzene rings is 1. The Labute approximate surface area is 164 Å². The average Bonchev–Trinajstić information content (AvgIpc) is 3.09. The van der Waals surface area contributed by atoms with Crippen molar-refractivity contribution in [3.63, 3.8) is 0 Å². The molecular weight excluding hydrogens is 352 g/mol. The third kappa shape index (κ3) is 3.92. The van der Waals surface area contributed by atoms with Crippen molar-refractivity contribution in [1.82, 2.24) is 20.4 Å². The molecular formula is C22H26N4O2. The monoisotopic (exact) mass is 378 g/mol. The van der Waals surface area contributed by atoms with Gasteiger partial charge in [-0.05, 0) is 51.8 Å². The van der Waals surface area contributed by atoms with Crippen LogP contribution in [0.15, 0.2) is 40.9 Å². The largest absolute Gasteiger partial charge is 0.352 e. The quantitative estimate of drug-likeness (QED) is 0.734. The first-order chi connectivity index (χ1) is 13.6. The number of carbonyl (C=O) groups excluding carboxylic acids is 1. The number of hydrogen-bond donors (Lipinski definition) is 1. The Morgan fingerprint density at radius 3 is 2.93 bits per heavy atom. The highest BCUT2D eigenvalue weighted by atomic mass is 16.5. The van der Waals surface area contributed by atoms with Crippen molar-refractivity contribution in [2.24, 2.45) is 5.92 Å². The molecule has 1 aliphatic rings. The second-order valence-corrected chi connectivity index (χ2v) is 7.68. The van der Waals surface area contributed by atoms with Gasteiger partial charge in [-0.1, -0.05) is 35.5 Å². The maximum Gasteiger partial charge on any atom is 0.259 e. The summed E-state index contributed by atoms with van der Waals surface area (Å²) in [6.45, 7) is 4.79. The van der Waals surface area contributed by atoms with E-state index in [0.29, 0.717) is 40.5 Å². The van der Waals surface area contributed by atoms with Gasteiger partial charge in [-0.3, -0.25) is 4.79 Å². The van der Waals surface area contributed by atoms with Crippen LogP contribution in [0.1, 0.15) is 35.3 Å². The Bertz CT molecular complexity index is 967. The number of nitrogens with zero attached hydrogens (tertiary/aromatic N) is 3. The molecule has 1 aliphatic heterocycles. The summed E-state index contributed by atoms with van der Waals surface area (Å²) >= 11 is 0. The van der Waals surface area contributed by atoms with Gasteiger partial charge in [0.1, 0.15) is 0 Å². The lowest BCUT2D eigenvalue weighted by atomic mass is 9.95. The molecule has 1 aromatic carbocycles. The Hall–Kier alpha value is -2.73. The van der Waals surface area contributed by atoms with Crippen LogP contribution < -0.4 is 5.32 Å². The molecule has 0 radical (unpaired) electrons. The van der Waals surface area contributed by atoms with E-state index in [0.717, 1.165) is 18.5 Å². The van der Waals surface area contributed by atoms with E-state index in [1.54, 1.807) is 0 Å². The Morgan fingerprint density at radius 2 is 2.14 bits per heavy atom. The number of aromatic nitrogens is 2. The first-order valence-electron chi connectivity index (χ1n) is 9.91. The smallest absolute Gasteiger partial charge is 0.259 e. The molecule has 1 N–H and O–H groups in total. The Balaban J connectivity index is 1.54. The van der Waals surface area contributed by atoms with E-state index in [4.69, 9.17) is 4.52 Å². The molecule has 146 valence electrons. The lowest BCUT2D eigenvalue weighted by molar-refractivity contribution is 0.0950. The molecule has 1 atom stereocenters. The van der Waals surface area contributed by atoms with Gasteiger partial charge in [0.25, 0.3) is 11.6 Å². The maximum atomic E-state index is 13.0. The van der Waals surface area contributed by atoms with Crippen molar-refractivity contribution in [1.29, 1.82) is 0 Å². The van der Waals surface area contributed by atoms with Gasteiger partial charge in [0.05, 0.1) is 22.3 Å². The van der Waals surface area contributed by atoms with Gasteiger partial charge in [0.2, 0.25) is 0 Å². The van der Waals surface area contributed by atoms with Gasteiger partial charge >= 0.3 is 0 Å². The minimum absolute atomic E-state index is 0.0972. The number of amides is 1. The molecule has 0 bridgehead atoms. The molecule has 28 heavy (non-hydrogen) atoms. The Kier molecular flexibility index (Phi) is 5.39. The highest BCUT2D eigenvalue weighted by molar-refractivity contribution is 6.06. The van der Waals surface area contributed by atoms with Crippen molar-refractivity contribution in [2.45, 2.75) is 26.2 Å². The number of carbonyl (C=O) groups is 1. The third-order valence-electron chi connectivity index (χ3n) is 5.49. The fourth-order valence-electron chi connectivity index (χ4n) is 4.02. The lowest BCUT2D eigenvalue weighted by Gasteiger charge is -2.29. The molecule has 1 fully saturated rings. The van der Waals surface area contributed by atoms with Gasteiger partial charge in [-0.15, -0.1) is 0 Å². The van der Waals surface area contributed by atoms with Gasteiger partial charge in [-0.25, -0.2) is 4.98 Å². The van der Waals surface area contributed by atoms with E-state index in [1.807, 2.05) is 43.3 Å². The lowest BCUT2D eigenvalue weighted by Crippen LogP contribution is -2.34. The third-order valence-corrected chi connectivity index (χ3v) is 5.49. The maximum absolute atomic E-state index is 13.0. The number of likely N-dealkylation sites (tertiary alicyclic amines) is 1. The van der Waals surface area contributed by atoms with Crippen molar-refractivity contribution in [3.8, 4) is 11.3 Å². The van der Waals surface area contributed by atoms with Gasteiger partial charge in [0, 0.05) is 18.7 Å². The van der Waals surface area contributed by atoms with Crippen LogP contribution in [-0.2, 0) is 0 Å². The molecule has 6 nitrogen and oxygen atoms in total. The number of pyridine rings is 1. The van der Waals surface area contributed by atoms with Crippen LogP contribution in [0.5, 0.6) is 0 Å². The van der Waals surface area contributed by atoms with Crippen molar-refractivity contribution < 1.29 is 9.32 Å². The standard InChI is InChI=1S/C22H26N4O2/c1-15-20-18(21(27)23-11-10-16-7-6-12-26(2)14-16)13-19(24-22(20)28-25-15)17-8-4-3-5-9-17/h3-5,8-9,13,16H,6-7,10-12,14H2,1-2H3,(H,23,27). The molecule has 0 spiro atoms. The summed E-state index contributed by atoms with van der Waals surface area (Å²) in [5.74, 6) is 0.550. The minimum Gasteiger partial charge on any atom is -0.352 e. The van der Waals surface area contributed by atoms with Crippen LogP contribution in [0, 0.1) is 12.8 Å². The zero-order valence-corrected chi connectivity index (χ0v) is 16.4. The average molecular weight is 378 g/mol. The summed E-state index contributed by atoms with van der Waals surface area (Å²) in [5, 5.41) is 7.80. The predicted molar refractivity (Wildman–Crippen MR) is 109 cm³/mol. The van der Waals surface area contributed by atoms with Gasteiger partial charge in [-0.2, -0.15) is 0 Å². The second-order valence-electron chi connectivity index (χ2n) is 7.68. The van der Waals surface area contributed by atoms with E-state index < -0.39 is 0 Å². The fourth-order valence-corrected chi connectivity index (χ4v) is 4.02.